The number of carbonyl (C=O) groups excluding carboxylic acids is 2. The number of ether oxygens (including phenoxy) is 1. The van der Waals surface area contributed by atoms with E-state index in [4.69, 9.17) is 4.74 Å². The fourth-order valence-electron chi connectivity index (χ4n) is 5.38. The topological polar surface area (TPSA) is 108 Å². The zero-order valence-electron chi connectivity index (χ0n) is 17.6. The molecule has 0 radical (unpaired) electrons. The van der Waals surface area contributed by atoms with E-state index in [0.717, 1.165) is 12.8 Å². The average molecular weight is 405 g/mol. The lowest BCUT2D eigenvalue weighted by Crippen LogP contribution is -2.47. The second-order valence-corrected chi connectivity index (χ2v) is 9.12. The van der Waals surface area contributed by atoms with Crippen LogP contribution in [0.1, 0.15) is 40.0 Å². The molecule has 160 valence electrons. The van der Waals surface area contributed by atoms with E-state index in [2.05, 4.69) is 31.4 Å². The van der Waals surface area contributed by atoms with Crippen LogP contribution in [0.25, 0.3) is 0 Å². The maximum atomic E-state index is 12.6. The number of hydrogen-bond acceptors (Lipinski definition) is 5. The van der Waals surface area contributed by atoms with Crippen molar-refractivity contribution in [2.24, 2.45) is 22.7 Å². The zero-order valence-corrected chi connectivity index (χ0v) is 17.6. The molecular weight excluding hydrogens is 372 g/mol. The van der Waals surface area contributed by atoms with Gasteiger partial charge in [0.05, 0.1) is 19.8 Å². The minimum Gasteiger partial charge on any atom is -0.497 e. The number of aliphatic hydroxyl groups is 2. The molecule has 0 aliphatic heterocycles. The molecule has 4 N–H and O–H groups in total. The number of anilines is 1. The lowest BCUT2D eigenvalue weighted by Gasteiger charge is -2.37. The van der Waals surface area contributed by atoms with Crippen molar-refractivity contribution in [3.8, 4) is 5.75 Å². The van der Waals surface area contributed by atoms with Gasteiger partial charge in [-0.05, 0) is 47.6 Å². The first-order chi connectivity index (χ1) is 13.6. The fraction of sp³-hybridized carbons (Fsp3) is 0.636. The monoisotopic (exact) mass is 404 g/mol. The van der Waals surface area contributed by atoms with Crippen molar-refractivity contribution in [1.29, 1.82) is 0 Å². The Labute approximate surface area is 171 Å². The van der Waals surface area contributed by atoms with Crippen LogP contribution < -0.4 is 15.4 Å². The van der Waals surface area contributed by atoms with Gasteiger partial charge in [0.2, 0.25) is 11.8 Å². The molecule has 1 aromatic carbocycles. The van der Waals surface area contributed by atoms with Crippen molar-refractivity contribution in [2.45, 2.75) is 52.2 Å². The summed E-state index contributed by atoms with van der Waals surface area (Å²) in [6, 6.07) is 5.78. The average Bonchev–Trinajstić information content (AvgIpc) is 2.99. The van der Waals surface area contributed by atoms with Crippen LogP contribution in [-0.4, -0.2) is 47.9 Å². The van der Waals surface area contributed by atoms with Crippen molar-refractivity contribution >= 4 is 17.5 Å². The number of nitrogens with one attached hydrogen (secondary N) is 2. The Hall–Kier alpha value is -2.12. The van der Waals surface area contributed by atoms with Crippen LogP contribution in [0.4, 0.5) is 5.69 Å². The molecule has 0 saturated heterocycles. The van der Waals surface area contributed by atoms with Gasteiger partial charge in [-0.1, -0.05) is 26.8 Å². The van der Waals surface area contributed by atoms with Crippen LogP contribution in [-0.2, 0) is 9.59 Å². The van der Waals surface area contributed by atoms with Crippen LogP contribution >= 0.6 is 0 Å². The molecule has 2 fully saturated rings. The Morgan fingerprint density at radius 2 is 2.03 bits per heavy atom. The van der Waals surface area contributed by atoms with Crippen molar-refractivity contribution in [2.75, 3.05) is 19.0 Å². The molecule has 0 spiro atoms. The Bertz CT molecular complexity index is 780. The minimum absolute atomic E-state index is 0.0303. The number of amides is 2. The number of benzene rings is 1. The Morgan fingerprint density at radius 3 is 2.62 bits per heavy atom. The van der Waals surface area contributed by atoms with Crippen molar-refractivity contribution in [3.63, 3.8) is 0 Å². The molecule has 2 bridgehead atoms. The third-order valence-corrected chi connectivity index (χ3v) is 7.54. The second-order valence-electron chi connectivity index (χ2n) is 9.12. The summed E-state index contributed by atoms with van der Waals surface area (Å²) in [5.74, 6) is -0.111. The first kappa shape index (κ1) is 21.6. The van der Waals surface area contributed by atoms with Gasteiger partial charge in [-0.3, -0.25) is 9.59 Å². The van der Waals surface area contributed by atoms with E-state index >= 15 is 0 Å². The highest BCUT2D eigenvalue weighted by molar-refractivity contribution is 5.97. The minimum atomic E-state index is -1.06. The normalized spacial score (nSPS) is 30.6. The molecule has 7 nitrogen and oxygen atoms in total. The maximum Gasteiger partial charge on any atom is 0.249 e. The molecule has 29 heavy (non-hydrogen) atoms. The van der Waals surface area contributed by atoms with Gasteiger partial charge in [-0.2, -0.15) is 0 Å². The van der Waals surface area contributed by atoms with Crippen LogP contribution in [0.3, 0.4) is 0 Å². The fourth-order valence-corrected chi connectivity index (χ4v) is 5.38. The summed E-state index contributed by atoms with van der Waals surface area (Å²) in [6.45, 7) is 5.93. The van der Waals surface area contributed by atoms with E-state index in [1.54, 1.807) is 24.3 Å². The summed E-state index contributed by atoms with van der Waals surface area (Å²) in [7, 11) is 1.53. The molecule has 0 heterocycles. The maximum absolute atomic E-state index is 12.6. The smallest absolute Gasteiger partial charge is 0.249 e. The number of carbonyl (C=O) groups is 2. The molecule has 3 rings (SSSR count). The lowest BCUT2D eigenvalue weighted by molar-refractivity contribution is -0.129. The number of rotatable bonds is 7. The predicted molar refractivity (Wildman–Crippen MR) is 109 cm³/mol. The molecule has 2 aliphatic carbocycles. The standard InChI is InChI=1S/C22H32N2O5/c1-21(2)16-8-9-22(21,3)19(27)15(16)11-18(26)24-17(12-25)20(28)23-13-6-5-7-14(10-13)29-4/h5-7,10,15-17,19,25,27H,8-9,11-12H2,1-4H3,(H,23,28)(H,24,26). The predicted octanol–water partition coefficient (Wildman–Crippen LogP) is 1.93. The van der Waals surface area contributed by atoms with Crippen molar-refractivity contribution in [3.05, 3.63) is 24.3 Å². The Kier molecular flexibility index (Phi) is 5.92. The van der Waals surface area contributed by atoms with E-state index in [1.165, 1.54) is 7.11 Å². The first-order valence-corrected chi connectivity index (χ1v) is 10.2. The summed E-state index contributed by atoms with van der Waals surface area (Å²) in [5, 5.41) is 25.8. The first-order valence-electron chi connectivity index (χ1n) is 10.2. The highest BCUT2D eigenvalue weighted by Crippen LogP contribution is 2.68. The van der Waals surface area contributed by atoms with Gasteiger partial charge >= 0.3 is 0 Å². The number of fused-ring (bicyclic) bond motifs is 2. The molecule has 2 amide bonds. The molecule has 5 atom stereocenters. The van der Waals surface area contributed by atoms with Crippen LogP contribution in [0.2, 0.25) is 0 Å². The van der Waals surface area contributed by atoms with Gasteiger partial charge in [-0.25, -0.2) is 0 Å². The van der Waals surface area contributed by atoms with Crippen molar-refractivity contribution in [1.82, 2.24) is 5.32 Å². The number of methoxy groups -OCH3 is 1. The number of aliphatic hydroxyl groups excluding tert-OH is 2. The van der Waals surface area contributed by atoms with Gasteiger partial charge < -0.3 is 25.6 Å². The summed E-state index contributed by atoms with van der Waals surface area (Å²) < 4.78 is 5.13. The summed E-state index contributed by atoms with van der Waals surface area (Å²) in [5.41, 5.74) is 0.292. The highest BCUT2D eigenvalue weighted by Gasteiger charge is 2.65. The Morgan fingerprint density at radius 1 is 1.31 bits per heavy atom. The van der Waals surface area contributed by atoms with E-state index in [9.17, 15) is 19.8 Å². The zero-order chi connectivity index (χ0) is 21.4. The van der Waals surface area contributed by atoms with E-state index in [1.807, 2.05) is 0 Å². The summed E-state index contributed by atoms with van der Waals surface area (Å²) in [6.07, 6.45) is 1.57. The Balaban J connectivity index is 1.61. The molecule has 5 unspecified atom stereocenters. The lowest BCUT2D eigenvalue weighted by atomic mass is 9.70. The SMILES string of the molecule is COc1cccc(NC(=O)C(CO)NC(=O)CC2C3CCC(C)(C2O)C3(C)C)c1. The molecule has 7 heteroatoms. The number of hydrogen-bond donors (Lipinski definition) is 4. The van der Waals surface area contributed by atoms with Gasteiger partial charge in [0.15, 0.2) is 0 Å². The van der Waals surface area contributed by atoms with Crippen molar-refractivity contribution < 1.29 is 24.5 Å². The van der Waals surface area contributed by atoms with Crippen LogP contribution in [0.5, 0.6) is 5.75 Å². The molecule has 0 aromatic heterocycles. The molecule has 2 saturated carbocycles. The van der Waals surface area contributed by atoms with E-state index in [0.29, 0.717) is 11.4 Å². The van der Waals surface area contributed by atoms with Gasteiger partial charge in [-0.15, -0.1) is 0 Å². The molecule has 2 aliphatic rings. The largest absolute Gasteiger partial charge is 0.497 e. The molecular formula is C22H32N2O5. The van der Waals surface area contributed by atoms with Gasteiger partial charge in [0.25, 0.3) is 0 Å². The van der Waals surface area contributed by atoms with Crippen LogP contribution in [0.15, 0.2) is 24.3 Å². The van der Waals surface area contributed by atoms with Gasteiger partial charge in [0.1, 0.15) is 11.8 Å². The third-order valence-electron chi connectivity index (χ3n) is 7.54. The summed E-state index contributed by atoms with van der Waals surface area (Å²) >= 11 is 0. The van der Waals surface area contributed by atoms with Crippen LogP contribution in [0, 0.1) is 22.7 Å². The summed E-state index contributed by atoms with van der Waals surface area (Å²) in [4.78, 5) is 25.1. The second kappa shape index (κ2) is 7.95. The third kappa shape index (κ3) is 3.73. The van der Waals surface area contributed by atoms with E-state index < -0.39 is 24.7 Å². The quantitative estimate of drug-likeness (QED) is 0.555. The van der Waals surface area contributed by atoms with E-state index in [-0.39, 0.29) is 35.0 Å². The highest BCUT2D eigenvalue weighted by atomic mass is 16.5. The molecule has 1 aromatic rings. The van der Waals surface area contributed by atoms with Gasteiger partial charge in [0, 0.05) is 18.2 Å².